The zero-order valence-corrected chi connectivity index (χ0v) is 21.6. The van der Waals surface area contributed by atoms with Gasteiger partial charge in [0.15, 0.2) is 0 Å². The summed E-state index contributed by atoms with van der Waals surface area (Å²) in [6, 6.07) is -1.75. The van der Waals surface area contributed by atoms with Crippen LogP contribution in [0.3, 0.4) is 0 Å². The van der Waals surface area contributed by atoms with E-state index >= 15 is 0 Å². The summed E-state index contributed by atoms with van der Waals surface area (Å²) < 4.78 is 0. The molecule has 0 aromatic carbocycles. The fourth-order valence-electron chi connectivity index (χ4n) is 2.92. The van der Waals surface area contributed by atoms with Crippen LogP contribution in [0.15, 0.2) is 34.9 Å². The predicted molar refractivity (Wildman–Crippen MR) is 135 cm³/mol. The average molecular weight is 467 g/mol. The van der Waals surface area contributed by atoms with Gasteiger partial charge in [0.1, 0.15) is 12.1 Å². The van der Waals surface area contributed by atoms with Crippen molar-refractivity contribution in [1.82, 2.24) is 10.6 Å². The largest absolute Gasteiger partial charge is 0.480 e. The van der Waals surface area contributed by atoms with E-state index in [9.17, 15) is 19.5 Å². The lowest BCUT2D eigenvalue weighted by molar-refractivity contribution is -0.143. The minimum absolute atomic E-state index is 0.252. The number of amides is 2. The molecular weight excluding hydrogens is 424 g/mol. The van der Waals surface area contributed by atoms with Crippen molar-refractivity contribution in [2.75, 3.05) is 11.5 Å². The summed E-state index contributed by atoms with van der Waals surface area (Å²) in [5.74, 6) is -1.02. The number of nitrogens with one attached hydrogen (secondary N) is 2. The Balaban J connectivity index is 4.58. The van der Waals surface area contributed by atoms with Gasteiger partial charge in [-0.05, 0) is 59.3 Å². The molecular formula is C25H42N2O4S. The maximum atomic E-state index is 12.5. The Bertz CT molecular complexity index is 707. The molecule has 0 aromatic heterocycles. The maximum Gasteiger partial charge on any atom is 0.326 e. The second-order valence-electron chi connectivity index (χ2n) is 8.82. The van der Waals surface area contributed by atoms with E-state index in [1.807, 2.05) is 0 Å². The number of aliphatic carboxylic acids is 1. The average Bonchev–Trinajstić information content (AvgIpc) is 2.67. The van der Waals surface area contributed by atoms with Crippen LogP contribution in [0.2, 0.25) is 0 Å². The van der Waals surface area contributed by atoms with Gasteiger partial charge in [0.25, 0.3) is 0 Å². The van der Waals surface area contributed by atoms with Crippen LogP contribution in [0.5, 0.6) is 0 Å². The number of carboxylic acids is 1. The van der Waals surface area contributed by atoms with Crippen LogP contribution in [-0.2, 0) is 14.4 Å². The molecule has 2 amide bonds. The van der Waals surface area contributed by atoms with Crippen LogP contribution in [0, 0.1) is 5.92 Å². The number of carbonyl (C=O) groups excluding carboxylic acids is 2. The molecule has 0 aliphatic carbocycles. The smallest absolute Gasteiger partial charge is 0.326 e. The Hall–Kier alpha value is -2.02. The Morgan fingerprint density at radius 2 is 1.44 bits per heavy atom. The minimum atomic E-state index is -1.08. The molecule has 0 radical (unpaired) electrons. The molecule has 0 bridgehead atoms. The number of rotatable bonds is 15. The van der Waals surface area contributed by atoms with Gasteiger partial charge in [-0.15, -0.1) is 0 Å². The molecule has 0 fully saturated rings. The van der Waals surface area contributed by atoms with Crippen LogP contribution in [-0.4, -0.2) is 46.5 Å². The van der Waals surface area contributed by atoms with Gasteiger partial charge in [0.05, 0.1) is 0 Å². The van der Waals surface area contributed by atoms with Crippen molar-refractivity contribution in [3.05, 3.63) is 34.9 Å². The van der Waals surface area contributed by atoms with Gasteiger partial charge in [0, 0.05) is 18.4 Å². The Labute approximate surface area is 198 Å². The van der Waals surface area contributed by atoms with Crippen LogP contribution in [0.25, 0.3) is 0 Å². The summed E-state index contributed by atoms with van der Waals surface area (Å²) in [7, 11) is 0. The monoisotopic (exact) mass is 466 g/mol. The summed E-state index contributed by atoms with van der Waals surface area (Å²) in [6.07, 6.45) is 10.9. The number of carboxylic acid groups (broad SMARTS) is 1. The molecule has 0 aliphatic heterocycles. The molecule has 2 atom stereocenters. The fourth-order valence-corrected chi connectivity index (χ4v) is 3.93. The third kappa shape index (κ3) is 14.9. The third-order valence-electron chi connectivity index (χ3n) is 4.88. The molecule has 0 heterocycles. The number of hydrogen-bond acceptors (Lipinski definition) is 4. The summed E-state index contributed by atoms with van der Waals surface area (Å²) in [5, 5.41) is 14.4. The van der Waals surface area contributed by atoms with Gasteiger partial charge in [-0.3, -0.25) is 9.59 Å². The Morgan fingerprint density at radius 1 is 0.875 bits per heavy atom. The number of carbonyl (C=O) groups is 3. The lowest BCUT2D eigenvalue weighted by Gasteiger charge is -2.22. The molecule has 0 rings (SSSR count). The van der Waals surface area contributed by atoms with E-state index in [1.165, 1.54) is 35.4 Å². The first-order valence-electron chi connectivity index (χ1n) is 11.3. The molecule has 0 saturated carbocycles. The van der Waals surface area contributed by atoms with Gasteiger partial charge in [-0.25, -0.2) is 4.79 Å². The molecule has 0 aliphatic rings. The summed E-state index contributed by atoms with van der Waals surface area (Å²) in [6.45, 7) is 13.3. The molecule has 0 spiro atoms. The van der Waals surface area contributed by atoms with Crippen LogP contribution >= 0.6 is 11.8 Å². The zero-order chi connectivity index (χ0) is 24.7. The van der Waals surface area contributed by atoms with Crippen molar-refractivity contribution in [3.8, 4) is 0 Å². The molecule has 0 saturated heterocycles. The van der Waals surface area contributed by atoms with Crippen LogP contribution in [0.4, 0.5) is 0 Å². The van der Waals surface area contributed by atoms with E-state index in [4.69, 9.17) is 0 Å². The highest BCUT2D eigenvalue weighted by Gasteiger charge is 2.27. The summed E-state index contributed by atoms with van der Waals surface area (Å²) in [4.78, 5) is 35.3. The van der Waals surface area contributed by atoms with Crippen molar-refractivity contribution >= 4 is 29.5 Å². The SMILES string of the molecule is CC(=O)N[C@@H](CSC/C=C(\C)CC/C=C(\C)CCC=C(C)C)C(=O)N[C@H](C(=O)O)C(C)C. The van der Waals surface area contributed by atoms with Gasteiger partial charge in [-0.2, -0.15) is 11.8 Å². The van der Waals surface area contributed by atoms with Crippen molar-refractivity contribution in [2.24, 2.45) is 5.92 Å². The maximum absolute atomic E-state index is 12.5. The van der Waals surface area contributed by atoms with E-state index in [0.29, 0.717) is 5.75 Å². The van der Waals surface area contributed by atoms with Crippen LogP contribution < -0.4 is 10.6 Å². The zero-order valence-electron chi connectivity index (χ0n) is 20.8. The van der Waals surface area contributed by atoms with E-state index in [1.54, 1.807) is 13.8 Å². The first-order chi connectivity index (χ1) is 14.9. The number of hydrogen-bond donors (Lipinski definition) is 3. The van der Waals surface area contributed by atoms with E-state index in [-0.39, 0.29) is 11.8 Å². The van der Waals surface area contributed by atoms with E-state index in [0.717, 1.165) is 31.4 Å². The first-order valence-corrected chi connectivity index (χ1v) is 12.4. The van der Waals surface area contributed by atoms with Crippen molar-refractivity contribution in [2.45, 2.75) is 86.2 Å². The molecule has 3 N–H and O–H groups in total. The highest BCUT2D eigenvalue weighted by atomic mass is 32.2. The van der Waals surface area contributed by atoms with E-state index < -0.39 is 24.0 Å². The Kier molecular flexibility index (Phi) is 15.5. The number of thioether (sulfide) groups is 1. The van der Waals surface area contributed by atoms with Gasteiger partial charge >= 0.3 is 5.97 Å². The second-order valence-corrected chi connectivity index (χ2v) is 9.89. The third-order valence-corrected chi connectivity index (χ3v) is 5.85. The van der Waals surface area contributed by atoms with Gasteiger partial charge < -0.3 is 15.7 Å². The van der Waals surface area contributed by atoms with Crippen molar-refractivity contribution in [3.63, 3.8) is 0 Å². The molecule has 6 nitrogen and oxygen atoms in total. The quantitative estimate of drug-likeness (QED) is 0.236. The standard InChI is InChI=1S/C25H42N2O4S/c1-17(2)10-8-11-19(5)12-9-13-20(6)14-15-32-16-22(26-21(7)28)24(29)27-23(18(3)4)25(30)31/h10,12,14,18,22-23H,8-9,11,13,15-16H2,1-7H3,(H,26,28)(H,27,29)(H,30,31)/b19-12+,20-14+/t22-,23-/m0/s1. The van der Waals surface area contributed by atoms with Gasteiger partial charge in [0.2, 0.25) is 11.8 Å². The Morgan fingerprint density at radius 3 is 1.94 bits per heavy atom. The summed E-state index contributed by atoms with van der Waals surface area (Å²) >= 11 is 1.54. The molecule has 182 valence electrons. The molecule has 32 heavy (non-hydrogen) atoms. The predicted octanol–water partition coefficient (Wildman–Crippen LogP) is 4.87. The lowest BCUT2D eigenvalue weighted by Crippen LogP contribution is -2.53. The van der Waals surface area contributed by atoms with E-state index in [2.05, 4.69) is 56.6 Å². The lowest BCUT2D eigenvalue weighted by atomic mass is 10.0. The second kappa shape index (κ2) is 16.6. The molecule has 0 aromatic rings. The van der Waals surface area contributed by atoms with Gasteiger partial charge in [-0.1, -0.05) is 48.8 Å². The van der Waals surface area contributed by atoms with Crippen molar-refractivity contribution < 1.29 is 19.5 Å². The highest BCUT2D eigenvalue weighted by molar-refractivity contribution is 7.99. The first kappa shape index (κ1) is 30.0. The molecule has 0 unspecified atom stereocenters. The number of allylic oxidation sites excluding steroid dienone is 5. The van der Waals surface area contributed by atoms with Crippen LogP contribution in [0.1, 0.15) is 74.1 Å². The van der Waals surface area contributed by atoms with Crippen molar-refractivity contribution in [1.29, 1.82) is 0 Å². The fraction of sp³-hybridized carbons (Fsp3) is 0.640. The minimum Gasteiger partial charge on any atom is -0.480 e. The summed E-state index contributed by atoms with van der Waals surface area (Å²) in [5.41, 5.74) is 4.06. The molecule has 7 heteroatoms. The normalized spacial score (nSPS) is 14.0. The highest BCUT2D eigenvalue weighted by Crippen LogP contribution is 2.13. The topological polar surface area (TPSA) is 95.5 Å².